The maximum Gasteiger partial charge on any atom is 0.224 e. The molecule has 0 aliphatic heterocycles. The Balaban J connectivity index is 1.70. The minimum absolute atomic E-state index is 0.0636. The van der Waals surface area contributed by atoms with Gasteiger partial charge >= 0.3 is 0 Å². The van der Waals surface area contributed by atoms with Gasteiger partial charge in [-0.15, -0.1) is 0 Å². The molecule has 142 valence electrons. The van der Waals surface area contributed by atoms with Crippen LogP contribution in [0.1, 0.15) is 18.4 Å². The van der Waals surface area contributed by atoms with E-state index in [1.165, 1.54) is 12.1 Å². The predicted molar refractivity (Wildman–Crippen MR) is 107 cm³/mol. The van der Waals surface area contributed by atoms with Gasteiger partial charge in [-0.05, 0) is 60.3 Å². The number of aromatic amines is 1. The summed E-state index contributed by atoms with van der Waals surface area (Å²) in [5.74, 6) is -0.324. The molecular weight excluding hydrogens is 343 g/mol. The Bertz CT molecular complexity index is 904. The normalized spacial score (nSPS) is 12.3. The lowest BCUT2D eigenvalue weighted by Crippen LogP contribution is -2.38. The molecule has 0 radical (unpaired) electrons. The average molecular weight is 368 g/mol. The standard InChI is InChI=1S/C21H25FN4O/c22-17-6-3-14(4-7-17)15-5-8-20-19(10-15)16(12-25-20)11-21(27)26-13-18(24)2-1-9-23/h3-8,10,12,18,25H,1-2,9,11,13,23-24H2,(H,26,27). The summed E-state index contributed by atoms with van der Waals surface area (Å²) in [5, 5.41) is 3.87. The molecule has 1 heterocycles. The summed E-state index contributed by atoms with van der Waals surface area (Å²) in [6.45, 7) is 1.05. The summed E-state index contributed by atoms with van der Waals surface area (Å²) in [7, 11) is 0. The second-order valence-corrected chi connectivity index (χ2v) is 6.75. The van der Waals surface area contributed by atoms with Gasteiger partial charge in [0.25, 0.3) is 0 Å². The first-order valence-electron chi connectivity index (χ1n) is 9.15. The molecular formula is C21H25FN4O. The third-order valence-corrected chi connectivity index (χ3v) is 4.64. The molecule has 27 heavy (non-hydrogen) atoms. The topological polar surface area (TPSA) is 96.9 Å². The molecule has 1 atom stereocenters. The number of carbonyl (C=O) groups excluding carboxylic acids is 1. The van der Waals surface area contributed by atoms with Gasteiger partial charge in [0.05, 0.1) is 6.42 Å². The van der Waals surface area contributed by atoms with Gasteiger partial charge in [-0.2, -0.15) is 0 Å². The van der Waals surface area contributed by atoms with Crippen LogP contribution in [0.4, 0.5) is 4.39 Å². The van der Waals surface area contributed by atoms with E-state index in [2.05, 4.69) is 10.3 Å². The fraction of sp³-hybridized carbons (Fsp3) is 0.286. The highest BCUT2D eigenvalue weighted by Gasteiger charge is 2.11. The highest BCUT2D eigenvalue weighted by atomic mass is 19.1. The first-order valence-corrected chi connectivity index (χ1v) is 9.15. The summed E-state index contributed by atoms with van der Waals surface area (Å²) in [5.41, 5.74) is 15.2. The highest BCUT2D eigenvalue weighted by Crippen LogP contribution is 2.26. The number of carbonyl (C=O) groups is 1. The first-order chi connectivity index (χ1) is 13.1. The lowest BCUT2D eigenvalue weighted by atomic mass is 10.0. The van der Waals surface area contributed by atoms with Crippen LogP contribution < -0.4 is 16.8 Å². The maximum atomic E-state index is 13.1. The molecule has 6 heteroatoms. The fourth-order valence-electron chi connectivity index (χ4n) is 3.11. The minimum atomic E-state index is -0.261. The number of hydrogen-bond acceptors (Lipinski definition) is 3. The number of amides is 1. The molecule has 1 unspecified atom stereocenters. The van der Waals surface area contributed by atoms with Gasteiger partial charge in [0.15, 0.2) is 0 Å². The molecule has 6 N–H and O–H groups in total. The molecule has 3 rings (SSSR count). The van der Waals surface area contributed by atoms with Crippen molar-refractivity contribution in [2.24, 2.45) is 11.5 Å². The molecule has 0 aliphatic rings. The molecule has 0 aliphatic carbocycles. The largest absolute Gasteiger partial charge is 0.361 e. The van der Waals surface area contributed by atoms with E-state index in [-0.39, 0.29) is 24.2 Å². The number of nitrogens with one attached hydrogen (secondary N) is 2. The van der Waals surface area contributed by atoms with Gasteiger partial charge in [-0.1, -0.05) is 18.2 Å². The van der Waals surface area contributed by atoms with E-state index in [9.17, 15) is 9.18 Å². The third kappa shape index (κ3) is 4.93. The molecule has 0 fully saturated rings. The zero-order valence-electron chi connectivity index (χ0n) is 15.2. The Labute approximate surface area is 157 Å². The average Bonchev–Trinajstić information content (AvgIpc) is 3.07. The summed E-state index contributed by atoms with van der Waals surface area (Å²) in [6.07, 6.45) is 3.78. The van der Waals surface area contributed by atoms with Crippen LogP contribution in [0.25, 0.3) is 22.0 Å². The predicted octanol–water partition coefficient (Wildman–Crippen LogP) is 2.70. The van der Waals surface area contributed by atoms with Gasteiger partial charge in [-0.25, -0.2) is 4.39 Å². The quantitative estimate of drug-likeness (QED) is 0.492. The van der Waals surface area contributed by atoms with Crippen molar-refractivity contribution in [2.75, 3.05) is 13.1 Å². The van der Waals surface area contributed by atoms with Crippen LogP contribution in [0, 0.1) is 5.82 Å². The van der Waals surface area contributed by atoms with E-state index >= 15 is 0 Å². The maximum absolute atomic E-state index is 13.1. The Hall–Kier alpha value is -2.70. The van der Waals surface area contributed by atoms with E-state index in [4.69, 9.17) is 11.5 Å². The number of rotatable bonds is 8. The Morgan fingerprint density at radius 2 is 1.89 bits per heavy atom. The smallest absolute Gasteiger partial charge is 0.224 e. The van der Waals surface area contributed by atoms with Crippen LogP contribution in [0.5, 0.6) is 0 Å². The summed E-state index contributed by atoms with van der Waals surface area (Å²) >= 11 is 0. The summed E-state index contributed by atoms with van der Waals surface area (Å²) in [6, 6.07) is 12.3. The zero-order valence-corrected chi connectivity index (χ0v) is 15.2. The molecule has 1 amide bonds. The van der Waals surface area contributed by atoms with Crippen LogP contribution in [0.2, 0.25) is 0 Å². The zero-order chi connectivity index (χ0) is 19.2. The lowest BCUT2D eigenvalue weighted by molar-refractivity contribution is -0.120. The number of H-pyrrole nitrogens is 1. The monoisotopic (exact) mass is 368 g/mol. The number of benzene rings is 2. The van der Waals surface area contributed by atoms with Crippen molar-refractivity contribution < 1.29 is 9.18 Å². The third-order valence-electron chi connectivity index (χ3n) is 4.64. The van der Waals surface area contributed by atoms with Crippen molar-refractivity contribution in [1.82, 2.24) is 10.3 Å². The van der Waals surface area contributed by atoms with Crippen LogP contribution in [-0.2, 0) is 11.2 Å². The Morgan fingerprint density at radius 3 is 2.63 bits per heavy atom. The molecule has 3 aromatic rings. The lowest BCUT2D eigenvalue weighted by Gasteiger charge is -2.12. The Kier molecular flexibility index (Phi) is 6.21. The molecule has 0 saturated carbocycles. The van der Waals surface area contributed by atoms with Gasteiger partial charge < -0.3 is 21.8 Å². The van der Waals surface area contributed by atoms with Gasteiger partial charge in [-0.3, -0.25) is 4.79 Å². The van der Waals surface area contributed by atoms with Crippen molar-refractivity contribution in [1.29, 1.82) is 0 Å². The molecule has 0 spiro atoms. The van der Waals surface area contributed by atoms with E-state index in [0.717, 1.165) is 40.4 Å². The molecule has 1 aromatic heterocycles. The van der Waals surface area contributed by atoms with Crippen LogP contribution in [0.15, 0.2) is 48.7 Å². The van der Waals surface area contributed by atoms with Crippen molar-refractivity contribution in [2.45, 2.75) is 25.3 Å². The number of halogens is 1. The molecule has 0 saturated heterocycles. The van der Waals surface area contributed by atoms with Crippen molar-refractivity contribution in [3.8, 4) is 11.1 Å². The number of aromatic nitrogens is 1. The van der Waals surface area contributed by atoms with Crippen LogP contribution in [-0.4, -0.2) is 30.0 Å². The molecule has 0 bridgehead atoms. The second kappa shape index (κ2) is 8.79. The Morgan fingerprint density at radius 1 is 1.15 bits per heavy atom. The molecule has 2 aromatic carbocycles. The number of fused-ring (bicyclic) bond motifs is 1. The highest BCUT2D eigenvalue weighted by molar-refractivity contribution is 5.91. The SMILES string of the molecule is NCCCC(N)CNC(=O)Cc1c[nH]c2ccc(-c3ccc(F)cc3)cc12. The van der Waals surface area contributed by atoms with Gasteiger partial charge in [0.2, 0.25) is 5.91 Å². The van der Waals surface area contributed by atoms with E-state index < -0.39 is 0 Å². The first kappa shape index (κ1) is 19.1. The van der Waals surface area contributed by atoms with Gasteiger partial charge in [0, 0.05) is 29.7 Å². The second-order valence-electron chi connectivity index (χ2n) is 6.75. The van der Waals surface area contributed by atoms with Crippen molar-refractivity contribution in [3.63, 3.8) is 0 Å². The summed E-state index contributed by atoms with van der Waals surface area (Å²) < 4.78 is 13.1. The van der Waals surface area contributed by atoms with Crippen molar-refractivity contribution in [3.05, 3.63) is 60.0 Å². The molecule has 5 nitrogen and oxygen atoms in total. The van der Waals surface area contributed by atoms with Crippen molar-refractivity contribution >= 4 is 16.8 Å². The van der Waals surface area contributed by atoms with Crippen LogP contribution in [0.3, 0.4) is 0 Å². The van der Waals surface area contributed by atoms with E-state index in [0.29, 0.717) is 13.1 Å². The summed E-state index contributed by atoms with van der Waals surface area (Å²) in [4.78, 5) is 15.5. The number of nitrogens with two attached hydrogens (primary N) is 2. The fourth-order valence-corrected chi connectivity index (χ4v) is 3.11. The minimum Gasteiger partial charge on any atom is -0.361 e. The number of hydrogen-bond donors (Lipinski definition) is 4. The van der Waals surface area contributed by atoms with E-state index in [1.807, 2.05) is 24.4 Å². The van der Waals surface area contributed by atoms with Gasteiger partial charge in [0.1, 0.15) is 5.82 Å². The van der Waals surface area contributed by atoms with Crippen LogP contribution >= 0.6 is 0 Å². The van der Waals surface area contributed by atoms with E-state index in [1.54, 1.807) is 12.1 Å².